The predicted molar refractivity (Wildman–Crippen MR) is 164 cm³/mol. The number of thioether (sulfide) groups is 1. The van der Waals surface area contributed by atoms with Crippen LogP contribution in [-0.4, -0.2) is 20.7 Å². The molecule has 0 saturated heterocycles. The molecule has 5 heteroatoms. The Morgan fingerprint density at radius 1 is 1.08 bits per heavy atom. The molecule has 1 aromatic carbocycles. The number of nitrogens with one attached hydrogen (secondary N) is 1. The van der Waals surface area contributed by atoms with Gasteiger partial charge in [0, 0.05) is 17.3 Å². The maximum Gasteiger partial charge on any atom is 0.157 e. The molecule has 0 atom stereocenters. The maximum absolute atomic E-state index is 4.90. The number of rotatable bonds is 6. The van der Waals surface area contributed by atoms with Gasteiger partial charge in [0.25, 0.3) is 0 Å². The Balaban J connectivity index is 0.00000115. The van der Waals surface area contributed by atoms with Gasteiger partial charge < -0.3 is 5.32 Å². The van der Waals surface area contributed by atoms with Crippen LogP contribution in [0.25, 0.3) is 22.0 Å². The zero-order chi connectivity index (χ0) is 26.9. The fourth-order valence-corrected chi connectivity index (χ4v) is 4.23. The van der Waals surface area contributed by atoms with Crippen molar-refractivity contribution in [3.8, 4) is 12.8 Å². The third-order valence-electron chi connectivity index (χ3n) is 5.26. The Bertz CT molecular complexity index is 1300. The highest BCUT2D eigenvalue weighted by molar-refractivity contribution is 8.02. The molecular formula is C32H36N4S. The molecule has 4 nitrogen and oxygen atoms in total. The minimum absolute atomic E-state index is 0.598. The third kappa shape index (κ3) is 8.93. The minimum Gasteiger partial charge on any atom is -0.364 e. The molecule has 1 N–H and O–H groups in total. The number of fused-ring (bicyclic) bond motifs is 1. The number of hydrogen-bond acceptors (Lipinski definition) is 5. The van der Waals surface area contributed by atoms with Gasteiger partial charge in [-0.05, 0) is 66.7 Å². The summed E-state index contributed by atoms with van der Waals surface area (Å²) >= 11 is 1.82. The number of pyridine rings is 1. The first-order chi connectivity index (χ1) is 18.2. The molecule has 0 bridgehead atoms. The lowest BCUT2D eigenvalue weighted by Gasteiger charge is -2.13. The number of anilines is 1. The van der Waals surface area contributed by atoms with Gasteiger partial charge in [-0.15, -0.1) is 24.6 Å². The molecule has 3 aromatic rings. The first-order valence-corrected chi connectivity index (χ1v) is 13.5. The lowest BCUT2D eigenvalue weighted by atomic mass is 10.0. The van der Waals surface area contributed by atoms with Gasteiger partial charge in [-0.2, -0.15) is 0 Å². The van der Waals surface area contributed by atoms with Crippen molar-refractivity contribution in [2.45, 2.75) is 40.7 Å². The van der Waals surface area contributed by atoms with Gasteiger partial charge in [0.15, 0.2) is 5.82 Å². The monoisotopic (exact) mass is 508 g/mol. The third-order valence-corrected chi connectivity index (χ3v) is 6.10. The molecule has 4 rings (SSSR count). The Hall–Kier alpha value is -3.88. The first-order valence-electron chi connectivity index (χ1n) is 12.5. The highest BCUT2D eigenvalue weighted by Crippen LogP contribution is 2.30. The van der Waals surface area contributed by atoms with Gasteiger partial charge in [-0.3, -0.25) is 4.98 Å². The van der Waals surface area contributed by atoms with Crippen LogP contribution in [0.5, 0.6) is 0 Å². The van der Waals surface area contributed by atoms with Crippen molar-refractivity contribution in [1.82, 2.24) is 15.0 Å². The largest absolute Gasteiger partial charge is 0.364 e. The molecule has 0 saturated carbocycles. The summed E-state index contributed by atoms with van der Waals surface area (Å²) in [5.41, 5.74) is 5.41. The van der Waals surface area contributed by atoms with E-state index in [0.717, 1.165) is 46.0 Å². The summed E-state index contributed by atoms with van der Waals surface area (Å²) in [7, 11) is 0. The lowest BCUT2D eigenvalue weighted by molar-refractivity contribution is 1.02. The summed E-state index contributed by atoms with van der Waals surface area (Å²) in [6.07, 6.45) is 25.4. The van der Waals surface area contributed by atoms with Crippen LogP contribution in [0.3, 0.4) is 0 Å². The minimum atomic E-state index is 0.598. The van der Waals surface area contributed by atoms with Crippen molar-refractivity contribution in [2.75, 3.05) is 11.1 Å². The van der Waals surface area contributed by atoms with Crippen molar-refractivity contribution in [2.24, 2.45) is 0 Å². The second-order valence-electron chi connectivity index (χ2n) is 7.71. The van der Waals surface area contributed by atoms with Crippen LogP contribution in [0.1, 0.15) is 51.2 Å². The number of allylic oxidation sites excluding steroid dienone is 8. The maximum atomic E-state index is 4.90. The van der Waals surface area contributed by atoms with Gasteiger partial charge >= 0.3 is 0 Å². The zero-order valence-electron chi connectivity index (χ0n) is 22.2. The van der Waals surface area contributed by atoms with Gasteiger partial charge in [0.1, 0.15) is 5.82 Å². The highest BCUT2D eigenvalue weighted by atomic mass is 32.2. The SMILES string of the molecule is C#C.C/C=C\C=C(/C)c1nc(NCc2ccccn2)c2cc(/C3=C/SC/C=C\C=C/C3)ccc2n1.CC. The predicted octanol–water partition coefficient (Wildman–Crippen LogP) is 8.48. The molecule has 0 fully saturated rings. The molecule has 0 unspecified atom stereocenters. The van der Waals surface area contributed by atoms with E-state index in [4.69, 9.17) is 9.97 Å². The number of aromatic nitrogens is 3. The van der Waals surface area contributed by atoms with E-state index < -0.39 is 0 Å². The Labute approximate surface area is 226 Å². The van der Waals surface area contributed by atoms with Crippen molar-refractivity contribution < 1.29 is 0 Å². The molecule has 0 spiro atoms. The van der Waals surface area contributed by atoms with Crippen LogP contribution in [0.4, 0.5) is 5.82 Å². The second-order valence-corrected chi connectivity index (χ2v) is 8.62. The van der Waals surface area contributed by atoms with E-state index in [0.29, 0.717) is 6.54 Å². The van der Waals surface area contributed by atoms with E-state index in [2.05, 4.69) is 71.1 Å². The van der Waals surface area contributed by atoms with Crippen molar-refractivity contribution in [1.29, 1.82) is 0 Å². The highest BCUT2D eigenvalue weighted by Gasteiger charge is 2.12. The number of terminal acetylenes is 1. The molecule has 0 radical (unpaired) electrons. The molecule has 1 aliphatic rings. The van der Waals surface area contributed by atoms with Crippen LogP contribution in [-0.2, 0) is 6.54 Å². The summed E-state index contributed by atoms with van der Waals surface area (Å²) < 4.78 is 0. The smallest absolute Gasteiger partial charge is 0.157 e. The van der Waals surface area contributed by atoms with Crippen LogP contribution < -0.4 is 5.32 Å². The topological polar surface area (TPSA) is 50.7 Å². The van der Waals surface area contributed by atoms with Crippen LogP contribution in [0, 0.1) is 12.8 Å². The lowest BCUT2D eigenvalue weighted by Crippen LogP contribution is -2.06. The molecule has 3 heterocycles. The summed E-state index contributed by atoms with van der Waals surface area (Å²) in [6, 6.07) is 12.4. The van der Waals surface area contributed by atoms with Gasteiger partial charge in [0.2, 0.25) is 0 Å². The average molecular weight is 509 g/mol. The normalized spacial score (nSPS) is 16.5. The Morgan fingerprint density at radius 3 is 2.65 bits per heavy atom. The molecule has 0 amide bonds. The number of nitrogens with zero attached hydrogens (tertiary/aromatic N) is 3. The first kappa shape index (κ1) is 29.4. The molecule has 1 aliphatic heterocycles. The van der Waals surface area contributed by atoms with E-state index in [1.165, 1.54) is 11.1 Å². The van der Waals surface area contributed by atoms with Crippen molar-refractivity contribution >= 4 is 39.6 Å². The summed E-state index contributed by atoms with van der Waals surface area (Å²) in [6.45, 7) is 8.64. The fourth-order valence-electron chi connectivity index (χ4n) is 3.48. The molecule has 190 valence electrons. The summed E-state index contributed by atoms with van der Waals surface area (Å²) in [5.74, 6) is 2.52. The fraction of sp³-hybridized carbons (Fsp3) is 0.219. The van der Waals surface area contributed by atoms with E-state index in [9.17, 15) is 0 Å². The Morgan fingerprint density at radius 2 is 1.89 bits per heavy atom. The molecule has 37 heavy (non-hydrogen) atoms. The molecule has 0 aliphatic carbocycles. The summed E-state index contributed by atoms with van der Waals surface area (Å²) in [5, 5.41) is 6.79. The second kappa shape index (κ2) is 16.7. The van der Waals surface area contributed by atoms with Crippen LogP contribution in [0.15, 0.2) is 90.5 Å². The standard InChI is InChI=1S/C28H28N4S.C2H6.C2H2/c1-3-4-11-21(2)27-31-26-15-14-22(23-12-7-5-6-10-17-33-20-23)18-25(26)28(32-27)30-19-24-13-8-9-16-29-24;2*1-2/h3-11,13-16,18,20H,12,17,19H2,1-2H3,(H,30,31,32);1-2H3;1-2H/b4-3-,7-5-,10-6-,21-11+,23-20+;;. The van der Waals surface area contributed by atoms with Crippen LogP contribution >= 0.6 is 11.8 Å². The average Bonchev–Trinajstić information content (AvgIpc) is 3.11. The Kier molecular flexibility index (Phi) is 13.3. The van der Waals surface area contributed by atoms with Gasteiger partial charge in [-0.1, -0.05) is 68.5 Å². The van der Waals surface area contributed by atoms with Crippen molar-refractivity contribution in [3.05, 3.63) is 108 Å². The zero-order valence-corrected chi connectivity index (χ0v) is 23.0. The molecular weight excluding hydrogens is 472 g/mol. The van der Waals surface area contributed by atoms with Crippen LogP contribution in [0.2, 0.25) is 0 Å². The van der Waals surface area contributed by atoms with E-state index >= 15 is 0 Å². The summed E-state index contributed by atoms with van der Waals surface area (Å²) in [4.78, 5) is 14.2. The van der Waals surface area contributed by atoms with Gasteiger partial charge in [-0.25, -0.2) is 9.97 Å². The quantitative estimate of drug-likeness (QED) is 0.267. The number of hydrogen-bond donors (Lipinski definition) is 1. The van der Waals surface area contributed by atoms with E-state index in [1.807, 2.05) is 82.1 Å². The molecule has 2 aromatic heterocycles. The van der Waals surface area contributed by atoms with Crippen molar-refractivity contribution in [3.63, 3.8) is 0 Å². The van der Waals surface area contributed by atoms with E-state index in [-0.39, 0.29) is 0 Å². The van der Waals surface area contributed by atoms with Gasteiger partial charge in [0.05, 0.1) is 17.8 Å². The van der Waals surface area contributed by atoms with E-state index in [1.54, 1.807) is 0 Å². The number of benzene rings is 1.